The minimum absolute atomic E-state index is 0.241. The van der Waals surface area contributed by atoms with Crippen molar-refractivity contribution in [2.24, 2.45) is 0 Å². The van der Waals surface area contributed by atoms with Crippen molar-refractivity contribution >= 4 is 11.6 Å². The molecule has 0 radical (unpaired) electrons. The van der Waals surface area contributed by atoms with Crippen molar-refractivity contribution < 1.29 is 23.6 Å². The number of rotatable bonds is 3. The van der Waals surface area contributed by atoms with Gasteiger partial charge in [-0.1, -0.05) is 0 Å². The van der Waals surface area contributed by atoms with E-state index in [1.165, 1.54) is 4.90 Å². The van der Waals surface area contributed by atoms with Gasteiger partial charge in [0.25, 0.3) is 11.6 Å². The Morgan fingerprint density at radius 2 is 2.09 bits per heavy atom. The van der Waals surface area contributed by atoms with E-state index < -0.39 is 28.6 Å². The van der Waals surface area contributed by atoms with Crippen LogP contribution in [0.2, 0.25) is 0 Å². The Kier molecular flexibility index (Phi) is 4.04. The monoisotopic (exact) mass is 310 g/mol. The molecule has 0 N–H and O–H groups in total. The van der Waals surface area contributed by atoms with Crippen LogP contribution in [-0.4, -0.2) is 47.8 Å². The van der Waals surface area contributed by atoms with Crippen LogP contribution in [0.4, 0.5) is 10.1 Å². The Morgan fingerprint density at radius 3 is 2.77 bits per heavy atom. The van der Waals surface area contributed by atoms with Crippen LogP contribution in [0.3, 0.4) is 0 Å². The standard InChI is InChI=1S/C14H15FN2O5/c15-9-3-4-11(17(19)20)10(8-9)13(18)16-5-1-2-12(16)14-21-6-7-22-14/h3-4,8,12,14H,1-2,5-7H2/t12-/m0/s1. The highest BCUT2D eigenvalue weighted by molar-refractivity contribution is 5.98. The number of amides is 1. The first-order chi connectivity index (χ1) is 10.6. The summed E-state index contributed by atoms with van der Waals surface area (Å²) in [5.74, 6) is -1.24. The van der Waals surface area contributed by atoms with Gasteiger partial charge in [0.1, 0.15) is 11.4 Å². The second kappa shape index (κ2) is 5.98. The summed E-state index contributed by atoms with van der Waals surface area (Å²) in [7, 11) is 0. The Morgan fingerprint density at radius 1 is 1.36 bits per heavy atom. The first-order valence-corrected chi connectivity index (χ1v) is 7.06. The number of hydrogen-bond acceptors (Lipinski definition) is 5. The van der Waals surface area contributed by atoms with E-state index in [1.807, 2.05) is 0 Å². The highest BCUT2D eigenvalue weighted by Gasteiger charge is 2.39. The number of nitrogens with zero attached hydrogens (tertiary/aromatic N) is 2. The second-order valence-electron chi connectivity index (χ2n) is 5.24. The summed E-state index contributed by atoms with van der Waals surface area (Å²) in [6.07, 6.45) is 0.932. The van der Waals surface area contributed by atoms with Crippen LogP contribution < -0.4 is 0 Å². The minimum atomic E-state index is -0.682. The van der Waals surface area contributed by atoms with E-state index in [-0.39, 0.29) is 11.6 Å². The predicted molar refractivity (Wildman–Crippen MR) is 72.8 cm³/mol. The molecular formula is C14H15FN2O5. The molecule has 1 aromatic rings. The van der Waals surface area contributed by atoms with Crippen molar-refractivity contribution in [3.05, 3.63) is 39.7 Å². The van der Waals surface area contributed by atoms with E-state index >= 15 is 0 Å². The molecule has 1 amide bonds. The van der Waals surface area contributed by atoms with Crippen molar-refractivity contribution in [2.45, 2.75) is 25.2 Å². The summed E-state index contributed by atoms with van der Waals surface area (Å²) >= 11 is 0. The number of carbonyl (C=O) groups excluding carboxylic acids is 1. The second-order valence-corrected chi connectivity index (χ2v) is 5.24. The third-order valence-corrected chi connectivity index (χ3v) is 3.91. The molecule has 2 aliphatic heterocycles. The molecule has 2 aliphatic rings. The number of ether oxygens (including phenoxy) is 2. The van der Waals surface area contributed by atoms with Gasteiger partial charge < -0.3 is 14.4 Å². The van der Waals surface area contributed by atoms with Crippen molar-refractivity contribution in [1.29, 1.82) is 0 Å². The van der Waals surface area contributed by atoms with Crippen LogP contribution >= 0.6 is 0 Å². The topological polar surface area (TPSA) is 81.9 Å². The fourth-order valence-electron chi connectivity index (χ4n) is 2.92. The van der Waals surface area contributed by atoms with E-state index in [1.54, 1.807) is 0 Å². The van der Waals surface area contributed by atoms with Gasteiger partial charge in [0, 0.05) is 12.6 Å². The zero-order valence-corrected chi connectivity index (χ0v) is 11.7. The summed E-state index contributed by atoms with van der Waals surface area (Å²) in [5.41, 5.74) is -0.639. The van der Waals surface area contributed by atoms with Crippen molar-refractivity contribution in [3.63, 3.8) is 0 Å². The van der Waals surface area contributed by atoms with Crippen LogP contribution in [0.25, 0.3) is 0 Å². The van der Waals surface area contributed by atoms with Crippen LogP contribution in [-0.2, 0) is 9.47 Å². The summed E-state index contributed by atoms with van der Waals surface area (Å²) < 4.78 is 24.3. The van der Waals surface area contributed by atoms with Gasteiger partial charge in [-0.2, -0.15) is 0 Å². The van der Waals surface area contributed by atoms with Crippen molar-refractivity contribution in [1.82, 2.24) is 4.90 Å². The molecule has 7 nitrogen and oxygen atoms in total. The van der Waals surface area contributed by atoms with Gasteiger partial charge in [-0.25, -0.2) is 4.39 Å². The maximum absolute atomic E-state index is 13.4. The molecule has 2 fully saturated rings. The Hall–Kier alpha value is -2.06. The molecule has 2 heterocycles. The van der Waals surface area contributed by atoms with Gasteiger partial charge in [0.05, 0.1) is 24.2 Å². The first kappa shape index (κ1) is 14.9. The fraction of sp³-hybridized carbons (Fsp3) is 0.500. The van der Waals surface area contributed by atoms with Crippen LogP contribution in [0.1, 0.15) is 23.2 Å². The lowest BCUT2D eigenvalue weighted by atomic mass is 10.1. The lowest BCUT2D eigenvalue weighted by Crippen LogP contribution is -2.43. The van der Waals surface area contributed by atoms with E-state index in [9.17, 15) is 19.3 Å². The zero-order valence-electron chi connectivity index (χ0n) is 11.7. The molecule has 1 aromatic carbocycles. The SMILES string of the molecule is O=C(c1cc(F)ccc1[N+](=O)[O-])N1CCC[C@H]1C1OCCO1. The summed E-state index contributed by atoms with van der Waals surface area (Å²) in [6, 6.07) is 2.60. The van der Waals surface area contributed by atoms with Gasteiger partial charge in [0.2, 0.25) is 0 Å². The predicted octanol–water partition coefficient (Wildman–Crippen LogP) is 1.71. The maximum atomic E-state index is 13.4. The number of likely N-dealkylation sites (tertiary alicyclic amines) is 1. The number of nitro benzene ring substituents is 1. The van der Waals surface area contributed by atoms with E-state index in [4.69, 9.17) is 9.47 Å². The third kappa shape index (κ3) is 2.67. The fourth-order valence-corrected chi connectivity index (χ4v) is 2.92. The summed E-state index contributed by atoms with van der Waals surface area (Å²) in [4.78, 5) is 24.5. The highest BCUT2D eigenvalue weighted by Crippen LogP contribution is 2.29. The Balaban J connectivity index is 1.89. The van der Waals surface area contributed by atoms with E-state index in [0.717, 1.165) is 24.6 Å². The molecule has 0 unspecified atom stereocenters. The van der Waals surface area contributed by atoms with Gasteiger partial charge in [-0.15, -0.1) is 0 Å². The van der Waals surface area contributed by atoms with Crippen LogP contribution in [0.15, 0.2) is 18.2 Å². The van der Waals surface area contributed by atoms with Gasteiger partial charge >= 0.3 is 0 Å². The highest BCUT2D eigenvalue weighted by atomic mass is 19.1. The normalized spacial score (nSPS) is 22.2. The molecule has 0 aromatic heterocycles. The maximum Gasteiger partial charge on any atom is 0.282 e. The first-order valence-electron chi connectivity index (χ1n) is 7.06. The van der Waals surface area contributed by atoms with E-state index in [0.29, 0.717) is 26.2 Å². The van der Waals surface area contributed by atoms with Crippen LogP contribution in [0.5, 0.6) is 0 Å². The molecule has 3 rings (SSSR count). The number of nitro groups is 1. The largest absolute Gasteiger partial charge is 0.348 e. The minimum Gasteiger partial charge on any atom is -0.348 e. The molecule has 0 bridgehead atoms. The van der Waals surface area contributed by atoms with Crippen LogP contribution in [0, 0.1) is 15.9 Å². The van der Waals surface area contributed by atoms with E-state index in [2.05, 4.69) is 0 Å². The Labute approximate surface area is 125 Å². The number of benzene rings is 1. The third-order valence-electron chi connectivity index (χ3n) is 3.91. The average molecular weight is 310 g/mol. The molecule has 2 saturated heterocycles. The molecular weight excluding hydrogens is 295 g/mol. The molecule has 0 spiro atoms. The molecule has 0 aliphatic carbocycles. The van der Waals surface area contributed by atoms with Gasteiger partial charge in [0.15, 0.2) is 6.29 Å². The number of hydrogen-bond donors (Lipinski definition) is 0. The van der Waals surface area contributed by atoms with Crippen molar-refractivity contribution in [2.75, 3.05) is 19.8 Å². The number of halogens is 1. The Bertz CT molecular complexity index is 603. The molecule has 8 heteroatoms. The quantitative estimate of drug-likeness (QED) is 0.627. The molecule has 22 heavy (non-hydrogen) atoms. The average Bonchev–Trinajstić information content (AvgIpc) is 3.16. The smallest absolute Gasteiger partial charge is 0.282 e. The summed E-state index contributed by atoms with van der Waals surface area (Å²) in [6.45, 7) is 1.37. The number of carbonyl (C=O) groups is 1. The summed E-state index contributed by atoms with van der Waals surface area (Å²) in [5, 5.41) is 11.1. The van der Waals surface area contributed by atoms with Gasteiger partial charge in [-0.05, 0) is 25.0 Å². The zero-order chi connectivity index (χ0) is 15.7. The van der Waals surface area contributed by atoms with Gasteiger partial charge in [-0.3, -0.25) is 14.9 Å². The molecule has 0 saturated carbocycles. The lowest BCUT2D eigenvalue weighted by molar-refractivity contribution is -0.385. The molecule has 1 atom stereocenters. The molecule has 118 valence electrons. The van der Waals surface area contributed by atoms with Crippen molar-refractivity contribution in [3.8, 4) is 0 Å². The lowest BCUT2D eigenvalue weighted by Gasteiger charge is -2.28.